The molecule has 3 heterocycles. The minimum absolute atomic E-state index is 0.0659. The molecule has 9 rings (SSSR count). The molecule has 0 amide bonds. The summed E-state index contributed by atoms with van der Waals surface area (Å²) in [4.78, 5) is 4.63. The van der Waals surface area contributed by atoms with Gasteiger partial charge in [0.15, 0.2) is 6.07 Å². The maximum Gasteiger partial charge on any atom is 0.457 e. The number of aromatic nitrogens is 6. The first-order valence-electron chi connectivity index (χ1n) is 21.1. The van der Waals surface area contributed by atoms with Gasteiger partial charge in [0, 0.05) is 42.0 Å². The zero-order chi connectivity index (χ0) is 43.7. The first kappa shape index (κ1) is 40.5. The number of anilines is 3. The molecule has 314 valence electrons. The summed E-state index contributed by atoms with van der Waals surface area (Å²) in [6, 6.07) is 31.9. The van der Waals surface area contributed by atoms with Gasteiger partial charge in [-0.05, 0) is 128 Å². The van der Waals surface area contributed by atoms with Gasteiger partial charge >= 0.3 is 11.7 Å². The number of nitrogens with one attached hydrogen (secondary N) is 3. The minimum Gasteiger partial charge on any atom is -0.486 e. The van der Waals surface area contributed by atoms with Crippen LogP contribution in [0.25, 0.3) is 21.4 Å². The smallest absolute Gasteiger partial charge is 0.457 e. The van der Waals surface area contributed by atoms with E-state index in [0.29, 0.717) is 22.7 Å². The largest absolute Gasteiger partial charge is 0.486 e. The predicted octanol–water partition coefficient (Wildman–Crippen LogP) is 9.95. The molecule has 14 heteroatoms. The van der Waals surface area contributed by atoms with Crippen molar-refractivity contribution >= 4 is 34.2 Å². The Labute approximate surface area is 365 Å². The molecule has 2 aliphatic rings. The van der Waals surface area contributed by atoms with Crippen LogP contribution in [-0.4, -0.2) is 42.6 Å². The number of benzene rings is 4. The second kappa shape index (κ2) is 16.5. The molecule has 1 unspecified atom stereocenters. The van der Waals surface area contributed by atoms with Gasteiger partial charge in [-0.2, -0.15) is 30.5 Å². The average Bonchev–Trinajstić information content (AvgIpc) is 4.09. The summed E-state index contributed by atoms with van der Waals surface area (Å²) in [5, 5.41) is 49.1. The molecule has 2 aliphatic carbocycles. The fourth-order valence-corrected chi connectivity index (χ4v) is 8.32. The van der Waals surface area contributed by atoms with Crippen molar-refractivity contribution in [1.82, 2.24) is 29.3 Å². The molecular formula is C49H47N12O2+. The lowest BCUT2D eigenvalue weighted by atomic mass is 9.88. The number of aryl methyl sites for hydroxylation is 2. The van der Waals surface area contributed by atoms with Crippen molar-refractivity contribution in [2.75, 3.05) is 17.7 Å². The normalized spacial score (nSPS) is 16.5. The van der Waals surface area contributed by atoms with Crippen LogP contribution in [0.4, 0.5) is 17.1 Å². The zero-order valence-corrected chi connectivity index (χ0v) is 35.6. The Kier molecular flexibility index (Phi) is 10.6. The first-order valence-corrected chi connectivity index (χ1v) is 21.1. The van der Waals surface area contributed by atoms with Gasteiger partial charge in [-0.25, -0.2) is 4.68 Å². The quantitative estimate of drug-likeness (QED) is 0.107. The van der Waals surface area contributed by atoms with Crippen LogP contribution in [0.3, 0.4) is 0 Å². The second-order valence-corrected chi connectivity index (χ2v) is 16.7. The average molecular weight is 836 g/mol. The molecule has 14 nitrogen and oxygen atoms in total. The van der Waals surface area contributed by atoms with Gasteiger partial charge in [0.1, 0.15) is 40.5 Å². The van der Waals surface area contributed by atoms with Crippen molar-refractivity contribution in [3.8, 4) is 35.4 Å². The van der Waals surface area contributed by atoms with Crippen molar-refractivity contribution < 1.29 is 9.47 Å². The van der Waals surface area contributed by atoms with E-state index in [4.69, 9.17) is 14.9 Å². The molecule has 3 atom stereocenters. The lowest BCUT2D eigenvalue weighted by Gasteiger charge is -2.27. The van der Waals surface area contributed by atoms with Crippen LogP contribution in [0.2, 0.25) is 0 Å². The Morgan fingerprint density at radius 3 is 2.22 bits per heavy atom. The number of hydrogen-bond donors (Lipinski definition) is 3. The summed E-state index contributed by atoms with van der Waals surface area (Å²) in [5.74, 6) is 1.43. The van der Waals surface area contributed by atoms with Crippen molar-refractivity contribution in [3.63, 3.8) is 0 Å². The van der Waals surface area contributed by atoms with Crippen LogP contribution >= 0.6 is 0 Å². The summed E-state index contributed by atoms with van der Waals surface area (Å²) in [6.07, 6.45) is 15.5. The number of hydrogen-bond acceptors (Lipinski definition) is 10. The van der Waals surface area contributed by atoms with Crippen LogP contribution in [0, 0.1) is 34.1 Å². The molecule has 63 heavy (non-hydrogen) atoms. The number of fused-ring (bicyclic) bond motifs is 3. The van der Waals surface area contributed by atoms with Gasteiger partial charge in [-0.3, -0.25) is 4.68 Å². The van der Waals surface area contributed by atoms with Crippen LogP contribution < -0.4 is 20.1 Å². The van der Waals surface area contributed by atoms with Crippen LogP contribution in [0.1, 0.15) is 92.0 Å². The highest BCUT2D eigenvalue weighted by atomic mass is 16.5. The van der Waals surface area contributed by atoms with Crippen LogP contribution in [-0.2, 0) is 24.0 Å². The van der Waals surface area contributed by atoms with Crippen LogP contribution in [0.5, 0.6) is 11.5 Å². The highest BCUT2D eigenvalue weighted by Gasteiger charge is 2.39. The summed E-state index contributed by atoms with van der Waals surface area (Å²) in [5.41, 5.74) is 8.07. The molecular weight excluding hydrogens is 789 g/mol. The second-order valence-electron chi connectivity index (χ2n) is 16.7. The summed E-state index contributed by atoms with van der Waals surface area (Å²) < 4.78 is 18.2. The fraction of sp³-hybridized carbons (Fsp3) is 0.286. The minimum atomic E-state index is -1.38. The third-order valence-electron chi connectivity index (χ3n) is 12.0. The Bertz CT molecular complexity index is 3020. The molecule has 0 saturated heterocycles. The van der Waals surface area contributed by atoms with Gasteiger partial charge in [-0.1, -0.05) is 12.1 Å². The number of ether oxygens (including phenoxy) is 2. The summed E-state index contributed by atoms with van der Waals surface area (Å²) >= 11 is 0. The van der Waals surface area contributed by atoms with Gasteiger partial charge in [0.05, 0.1) is 60.9 Å². The molecule has 0 spiro atoms. The Morgan fingerprint density at radius 1 is 0.778 bits per heavy atom. The lowest BCUT2D eigenvalue weighted by molar-refractivity contribution is 0.183. The number of rotatable bonds is 11. The SMILES string of the molecule is CNc1ccc2c(c1)CCC[C@H]2Oc1ccc(C=N)c(Nc2cnn(C(C)(C#N)[N+]#Cc3ccc4c(c3)CCC[C@@H]4Oc3ccc4cnn(-c5cnn(C(C)(C)C#N)c5)c4c3)c2)c1. The molecule has 7 aromatic rings. The van der Waals surface area contributed by atoms with Gasteiger partial charge in [0.2, 0.25) is 0 Å². The highest BCUT2D eigenvalue weighted by Crippen LogP contribution is 2.38. The van der Waals surface area contributed by atoms with E-state index in [1.165, 1.54) is 22.0 Å². The molecule has 0 fully saturated rings. The van der Waals surface area contributed by atoms with Crippen molar-refractivity contribution in [3.05, 3.63) is 142 Å². The zero-order valence-electron chi connectivity index (χ0n) is 35.6. The molecule has 3 aromatic heterocycles. The molecule has 0 bridgehead atoms. The Morgan fingerprint density at radius 2 is 1.49 bits per heavy atom. The van der Waals surface area contributed by atoms with Gasteiger partial charge in [0.25, 0.3) is 0 Å². The number of nitrogens with zero attached hydrogens (tertiary/aromatic N) is 9. The van der Waals surface area contributed by atoms with E-state index in [-0.39, 0.29) is 12.2 Å². The van der Waals surface area contributed by atoms with Crippen molar-refractivity contribution in [2.24, 2.45) is 0 Å². The summed E-state index contributed by atoms with van der Waals surface area (Å²) in [6.45, 7) is 5.32. The first-order chi connectivity index (χ1) is 30.6. The highest BCUT2D eigenvalue weighted by molar-refractivity contribution is 5.88. The molecule has 0 saturated carbocycles. The van der Waals surface area contributed by atoms with Crippen LogP contribution in [0.15, 0.2) is 104 Å². The van der Waals surface area contributed by atoms with Crippen molar-refractivity contribution in [2.45, 2.75) is 82.7 Å². The molecule has 3 N–H and O–H groups in total. The summed E-state index contributed by atoms with van der Waals surface area (Å²) in [7, 11) is 1.93. The van der Waals surface area contributed by atoms with E-state index in [9.17, 15) is 10.5 Å². The van der Waals surface area contributed by atoms with E-state index in [1.54, 1.807) is 30.2 Å². The molecule has 4 aromatic carbocycles. The van der Waals surface area contributed by atoms with E-state index >= 15 is 0 Å². The molecule has 0 radical (unpaired) electrons. The van der Waals surface area contributed by atoms with Gasteiger partial charge < -0.3 is 25.5 Å². The lowest BCUT2D eigenvalue weighted by Crippen LogP contribution is -2.24. The number of nitriles is 2. The third kappa shape index (κ3) is 8.05. The fourth-order valence-electron chi connectivity index (χ4n) is 8.32. The van der Waals surface area contributed by atoms with E-state index < -0.39 is 11.2 Å². The van der Waals surface area contributed by atoms with E-state index in [2.05, 4.69) is 79.3 Å². The van der Waals surface area contributed by atoms with Gasteiger partial charge in [-0.15, -0.1) is 0 Å². The molecule has 0 aliphatic heterocycles. The standard InChI is InChI=1S/C49H47N12O2/c1-48(2,30-51)59-29-39(27-56-59)61-45-22-41(16-13-36(45)25-57-61)63-46-9-5-7-33-19-32(11-17-42(33)46)24-54-49(3,31-52)60-28-38(26-55-60)58-44-21-40(15-12-35(44)23-50)62-47-10-6-8-34-20-37(53-4)14-18-43(34)47/h11-23,25-29,46-47,50,53,58H,5-10H2,1-4H3/q+1/t46-,47+,49?/m0/s1. The van der Waals surface area contributed by atoms with E-state index in [1.807, 2.05) is 80.4 Å². The Balaban J connectivity index is 0.894. The Hall–Kier alpha value is -7.89. The van der Waals surface area contributed by atoms with Crippen molar-refractivity contribution in [1.29, 1.82) is 15.9 Å². The monoisotopic (exact) mass is 835 g/mol. The van der Waals surface area contributed by atoms with E-state index in [0.717, 1.165) is 83.2 Å². The maximum absolute atomic E-state index is 10.4. The predicted molar refractivity (Wildman–Crippen MR) is 242 cm³/mol. The topological polar surface area (TPSA) is 172 Å². The maximum atomic E-state index is 10.4. The third-order valence-corrected chi connectivity index (χ3v) is 12.0.